The average molecular weight is 324 g/mol. The Hall–Kier alpha value is -0.656. The van der Waals surface area contributed by atoms with Gasteiger partial charge in [-0.1, -0.05) is 48.9 Å². The number of rotatable bonds is 1. The zero-order valence-corrected chi connectivity index (χ0v) is 13.6. The molecular weight excluding hydrogens is 311 g/mol. The van der Waals surface area contributed by atoms with Gasteiger partial charge in [-0.05, 0) is 5.56 Å². The summed E-state index contributed by atoms with van der Waals surface area (Å²) in [5, 5.41) is 2.69. The number of hydrogen-bond donors (Lipinski definition) is 0. The molecule has 19 heavy (non-hydrogen) atoms. The Balaban J connectivity index is 0.000000408. The average Bonchev–Trinajstić information content (AvgIpc) is 2.80. The van der Waals surface area contributed by atoms with Crippen LogP contribution in [0.15, 0.2) is 60.7 Å². The molecule has 0 atom stereocenters. The molecule has 0 aromatic heterocycles. The van der Waals surface area contributed by atoms with Gasteiger partial charge in [0, 0.05) is 0 Å². The number of halogens is 2. The van der Waals surface area contributed by atoms with Gasteiger partial charge in [-0.2, -0.15) is 6.07 Å². The number of fused-ring (bicyclic) bond motifs is 1. The quantitative estimate of drug-likeness (QED) is 0.385. The van der Waals surface area contributed by atoms with Crippen molar-refractivity contribution in [1.29, 1.82) is 0 Å². The molecule has 0 aliphatic rings. The predicted octanol–water partition coefficient (Wildman–Crippen LogP) is 5.91. The van der Waals surface area contributed by atoms with Crippen molar-refractivity contribution < 1.29 is 17.0 Å². The first kappa shape index (κ1) is 14.7. The monoisotopic (exact) mass is 323 g/mol. The van der Waals surface area contributed by atoms with Crippen molar-refractivity contribution in [2.75, 3.05) is 0 Å². The summed E-state index contributed by atoms with van der Waals surface area (Å²) in [7, 11) is 9.78. The zero-order chi connectivity index (χ0) is 13.7. The van der Waals surface area contributed by atoms with Crippen molar-refractivity contribution in [1.82, 2.24) is 0 Å². The molecule has 0 saturated heterocycles. The van der Waals surface area contributed by atoms with E-state index in [1.807, 2.05) is 0 Å². The van der Waals surface area contributed by atoms with Crippen LogP contribution in [0.2, 0.25) is 0 Å². The van der Waals surface area contributed by atoms with E-state index in [-0.39, 0.29) is 0 Å². The van der Waals surface area contributed by atoms with Gasteiger partial charge in [-0.3, -0.25) is 0 Å². The summed E-state index contributed by atoms with van der Waals surface area (Å²) < 4.78 is 0. The molecule has 0 fully saturated rings. The Bertz CT molecular complexity index is 644. The molecule has 3 rings (SSSR count). The van der Waals surface area contributed by atoms with E-state index >= 15 is 0 Å². The fraction of sp³-hybridized carbons (Fsp3) is 0.0625. The van der Waals surface area contributed by atoms with E-state index < -0.39 is 17.0 Å². The van der Waals surface area contributed by atoms with Crippen LogP contribution in [0.3, 0.4) is 0 Å². The van der Waals surface area contributed by atoms with Crippen LogP contribution in [0.4, 0.5) is 0 Å². The van der Waals surface area contributed by atoms with E-state index in [2.05, 4.69) is 67.6 Å². The molecule has 3 aromatic rings. The van der Waals surface area contributed by atoms with Crippen molar-refractivity contribution in [2.24, 2.45) is 0 Å². The van der Waals surface area contributed by atoms with Crippen LogP contribution < -0.4 is 0 Å². The van der Waals surface area contributed by atoms with Crippen LogP contribution >= 0.6 is 18.6 Å². The molecule has 0 amide bonds. The molecule has 0 bridgehead atoms. The normalized spacial score (nSPS) is 9.84. The molecule has 96 valence electrons. The summed E-state index contributed by atoms with van der Waals surface area (Å²) in [6.45, 7) is 2.15. The summed E-state index contributed by atoms with van der Waals surface area (Å²) in [5.74, 6) is 0. The second kappa shape index (κ2) is 7.21. The van der Waals surface area contributed by atoms with Crippen LogP contribution in [0.25, 0.3) is 21.9 Å². The van der Waals surface area contributed by atoms with E-state index in [1.165, 1.54) is 27.5 Å². The van der Waals surface area contributed by atoms with Gasteiger partial charge in [0.05, 0.1) is 0 Å². The summed E-state index contributed by atoms with van der Waals surface area (Å²) in [6, 6.07) is 21.6. The summed E-state index contributed by atoms with van der Waals surface area (Å²) >= 11 is -0.556. The van der Waals surface area contributed by atoms with E-state index in [0.717, 1.165) is 0 Å². The molecule has 0 nitrogen and oxygen atoms in total. The number of hydrogen-bond acceptors (Lipinski definition) is 0. The van der Waals surface area contributed by atoms with Crippen LogP contribution in [0, 0.1) is 6.92 Å². The first-order chi connectivity index (χ1) is 9.26. The second-order valence-electron chi connectivity index (χ2n) is 4.28. The first-order valence-electron chi connectivity index (χ1n) is 5.94. The van der Waals surface area contributed by atoms with Gasteiger partial charge in [-0.15, -0.1) is 34.5 Å². The van der Waals surface area contributed by atoms with Crippen molar-refractivity contribution >= 4 is 29.4 Å². The predicted molar refractivity (Wildman–Crippen MR) is 81.4 cm³/mol. The third-order valence-electron chi connectivity index (χ3n) is 2.98. The Morgan fingerprint density at radius 3 is 2.32 bits per heavy atom. The molecular formula is C16H13Cl2Ti-. The summed E-state index contributed by atoms with van der Waals surface area (Å²) in [6.07, 6.45) is 0. The maximum absolute atomic E-state index is 4.89. The van der Waals surface area contributed by atoms with Crippen LogP contribution in [0.5, 0.6) is 0 Å². The Morgan fingerprint density at radius 2 is 1.63 bits per heavy atom. The Kier molecular flexibility index (Phi) is 5.60. The standard InChI is InChI=1S/C16H13.2ClH.Ti/c1-12-10-14-8-5-9-15(16(14)11-12)13-6-3-2-4-7-13;;;/h2-11H,1H3;2*1H;/q-1;;;+2/p-2. The fourth-order valence-corrected chi connectivity index (χ4v) is 2.25. The van der Waals surface area contributed by atoms with E-state index in [9.17, 15) is 0 Å². The zero-order valence-electron chi connectivity index (χ0n) is 10.5. The molecule has 0 aliphatic carbocycles. The maximum atomic E-state index is 4.89. The van der Waals surface area contributed by atoms with Crippen molar-refractivity contribution in [2.45, 2.75) is 6.92 Å². The number of aryl methyl sites for hydroxylation is 1. The third-order valence-corrected chi connectivity index (χ3v) is 2.98. The van der Waals surface area contributed by atoms with Gasteiger partial charge in [0.15, 0.2) is 0 Å². The van der Waals surface area contributed by atoms with Crippen molar-refractivity contribution in [3.8, 4) is 11.1 Å². The van der Waals surface area contributed by atoms with Crippen LogP contribution in [-0.4, -0.2) is 0 Å². The van der Waals surface area contributed by atoms with Gasteiger partial charge >= 0.3 is 35.6 Å². The summed E-state index contributed by atoms with van der Waals surface area (Å²) in [4.78, 5) is 0. The van der Waals surface area contributed by atoms with Crippen molar-refractivity contribution in [3.63, 3.8) is 0 Å². The van der Waals surface area contributed by atoms with E-state index in [0.29, 0.717) is 0 Å². The molecule has 0 N–H and O–H groups in total. The van der Waals surface area contributed by atoms with E-state index in [4.69, 9.17) is 18.6 Å². The molecule has 0 aliphatic heterocycles. The molecule has 3 heteroatoms. The SMILES string of the molecule is Cc1cc2c(-c3ccccc3)cccc2[cH-]1.[Cl][Ti][Cl]. The molecule has 0 radical (unpaired) electrons. The molecule has 3 aromatic carbocycles. The van der Waals surface area contributed by atoms with Gasteiger partial charge < -0.3 is 0 Å². The summed E-state index contributed by atoms with van der Waals surface area (Å²) in [5.41, 5.74) is 3.95. The van der Waals surface area contributed by atoms with Crippen molar-refractivity contribution in [3.05, 3.63) is 66.2 Å². The Morgan fingerprint density at radius 1 is 0.947 bits per heavy atom. The van der Waals surface area contributed by atoms with Gasteiger partial charge in [0.1, 0.15) is 0 Å². The molecule has 0 saturated carbocycles. The van der Waals surface area contributed by atoms with Crippen LogP contribution in [-0.2, 0) is 17.0 Å². The Labute approximate surface area is 130 Å². The second-order valence-corrected chi connectivity index (χ2v) is 6.86. The van der Waals surface area contributed by atoms with Crippen LogP contribution in [0.1, 0.15) is 5.56 Å². The molecule has 0 spiro atoms. The topological polar surface area (TPSA) is 0 Å². The molecule has 0 unspecified atom stereocenters. The first-order valence-corrected chi connectivity index (χ1v) is 10.2. The van der Waals surface area contributed by atoms with E-state index in [1.54, 1.807) is 0 Å². The van der Waals surface area contributed by atoms with Gasteiger partial charge in [-0.25, -0.2) is 0 Å². The number of benzene rings is 2. The minimum absolute atomic E-state index is 0.556. The van der Waals surface area contributed by atoms with Gasteiger partial charge in [0.25, 0.3) is 0 Å². The minimum atomic E-state index is -0.556. The molecule has 0 heterocycles. The fourth-order valence-electron chi connectivity index (χ4n) is 2.25. The third kappa shape index (κ3) is 3.67. The van der Waals surface area contributed by atoms with Gasteiger partial charge in [0.2, 0.25) is 0 Å².